The number of nitrogens with one attached hydrogen (secondary N) is 1. The summed E-state index contributed by atoms with van der Waals surface area (Å²) in [5.74, 6) is -1.30. The van der Waals surface area contributed by atoms with Gasteiger partial charge in [-0.25, -0.2) is 12.8 Å². The van der Waals surface area contributed by atoms with Crippen LogP contribution in [0.15, 0.2) is 112 Å². The summed E-state index contributed by atoms with van der Waals surface area (Å²) in [5.41, 5.74) is 2.59. The molecule has 0 heterocycles. The number of carbonyl (C=O) groups excluding carboxylic acids is 2. The number of rotatable bonds is 13. The van der Waals surface area contributed by atoms with Crippen LogP contribution in [0.1, 0.15) is 30.5 Å². The van der Waals surface area contributed by atoms with Gasteiger partial charge >= 0.3 is 0 Å². The predicted octanol–water partition coefficient (Wildman–Crippen LogP) is 6.50. The van der Waals surface area contributed by atoms with E-state index < -0.39 is 34.3 Å². The highest BCUT2D eigenvalue weighted by Crippen LogP contribution is 2.26. The molecule has 7 nitrogen and oxygen atoms in total. The van der Waals surface area contributed by atoms with Gasteiger partial charge in [-0.05, 0) is 72.5 Å². The molecule has 0 bridgehead atoms. The van der Waals surface area contributed by atoms with Gasteiger partial charge in [0.1, 0.15) is 18.4 Å². The molecule has 10 heteroatoms. The molecule has 0 aromatic heterocycles. The van der Waals surface area contributed by atoms with Crippen molar-refractivity contribution in [3.63, 3.8) is 0 Å². The Kier molecular flexibility index (Phi) is 11.5. The van der Waals surface area contributed by atoms with Gasteiger partial charge in [0.05, 0.1) is 10.6 Å². The third-order valence-electron chi connectivity index (χ3n) is 7.20. The van der Waals surface area contributed by atoms with Gasteiger partial charge < -0.3 is 10.2 Å². The first kappa shape index (κ1) is 33.9. The van der Waals surface area contributed by atoms with E-state index in [2.05, 4.69) is 21.2 Å². The second-order valence-corrected chi connectivity index (χ2v) is 14.1. The third-order valence-corrected chi connectivity index (χ3v) is 9.48. The minimum Gasteiger partial charge on any atom is -0.354 e. The van der Waals surface area contributed by atoms with Crippen molar-refractivity contribution in [3.8, 4) is 0 Å². The van der Waals surface area contributed by atoms with Crippen LogP contribution in [0.2, 0.25) is 0 Å². The first-order valence-corrected chi connectivity index (χ1v) is 16.9. The Balaban J connectivity index is 1.79. The molecule has 0 saturated heterocycles. The smallest absolute Gasteiger partial charge is 0.264 e. The molecule has 0 radical (unpaired) electrons. The molecule has 45 heavy (non-hydrogen) atoms. The van der Waals surface area contributed by atoms with Crippen LogP contribution < -0.4 is 9.62 Å². The molecule has 0 aliphatic carbocycles. The third kappa shape index (κ3) is 9.25. The fourth-order valence-corrected chi connectivity index (χ4v) is 6.64. The molecule has 0 saturated carbocycles. The molecule has 0 aliphatic heterocycles. The van der Waals surface area contributed by atoms with Gasteiger partial charge in [0.2, 0.25) is 11.8 Å². The zero-order valence-electron chi connectivity index (χ0n) is 25.5. The summed E-state index contributed by atoms with van der Waals surface area (Å²) < 4.78 is 43.8. The Morgan fingerprint density at radius 1 is 0.867 bits per heavy atom. The Morgan fingerprint density at radius 2 is 1.51 bits per heavy atom. The van der Waals surface area contributed by atoms with Gasteiger partial charge in [0, 0.05) is 24.0 Å². The summed E-state index contributed by atoms with van der Waals surface area (Å²) in [5, 5.41) is 2.97. The van der Waals surface area contributed by atoms with Crippen LogP contribution in [-0.2, 0) is 32.6 Å². The molecule has 0 spiro atoms. The zero-order chi connectivity index (χ0) is 32.6. The standard InChI is InChI=1S/C35H37BrFN3O4S/c1-25(2)22-38-35(42)33(21-27-8-5-4-6-9-27)39(23-28-10-7-11-29(36)20-28)34(41)24-40(31-16-14-30(37)15-17-31)45(43,44)32-18-12-26(3)13-19-32/h4-20,25,33H,21-24H2,1-3H3,(H,38,42). The van der Waals surface area contributed by atoms with Gasteiger partial charge in [-0.2, -0.15) is 0 Å². The minimum atomic E-state index is -4.26. The van der Waals surface area contributed by atoms with Crippen molar-refractivity contribution in [2.45, 2.75) is 44.7 Å². The maximum absolute atomic E-state index is 14.4. The van der Waals surface area contributed by atoms with Gasteiger partial charge in [0.15, 0.2) is 0 Å². The van der Waals surface area contributed by atoms with Crippen LogP contribution in [0.25, 0.3) is 0 Å². The van der Waals surface area contributed by atoms with Crippen LogP contribution in [0, 0.1) is 18.7 Å². The lowest BCUT2D eigenvalue weighted by Gasteiger charge is -2.34. The van der Waals surface area contributed by atoms with Gasteiger partial charge in [-0.3, -0.25) is 13.9 Å². The first-order valence-electron chi connectivity index (χ1n) is 14.6. The Morgan fingerprint density at radius 3 is 2.13 bits per heavy atom. The second-order valence-electron chi connectivity index (χ2n) is 11.3. The molecule has 1 unspecified atom stereocenters. The minimum absolute atomic E-state index is 0.0146. The summed E-state index contributed by atoms with van der Waals surface area (Å²) in [4.78, 5) is 29.7. The van der Waals surface area contributed by atoms with Gasteiger partial charge in [-0.15, -0.1) is 0 Å². The second kappa shape index (κ2) is 15.3. The van der Waals surface area contributed by atoms with Crippen molar-refractivity contribution in [3.05, 3.63) is 130 Å². The van der Waals surface area contributed by atoms with Crippen LogP contribution in [0.3, 0.4) is 0 Å². The number of benzene rings is 4. The average molecular weight is 695 g/mol. The van der Waals surface area contributed by atoms with E-state index in [-0.39, 0.29) is 35.4 Å². The molecular weight excluding hydrogens is 657 g/mol. The van der Waals surface area contributed by atoms with E-state index in [0.29, 0.717) is 6.54 Å². The Labute approximate surface area is 273 Å². The van der Waals surface area contributed by atoms with E-state index in [1.54, 1.807) is 12.1 Å². The predicted molar refractivity (Wildman–Crippen MR) is 179 cm³/mol. The summed E-state index contributed by atoms with van der Waals surface area (Å²) >= 11 is 3.48. The molecule has 4 aromatic carbocycles. The van der Waals surface area contributed by atoms with Crippen molar-refractivity contribution in [1.82, 2.24) is 10.2 Å². The molecular formula is C35H37BrFN3O4S. The van der Waals surface area contributed by atoms with Gasteiger partial charge in [0.25, 0.3) is 10.0 Å². The highest BCUT2D eigenvalue weighted by Gasteiger charge is 2.34. The van der Waals surface area contributed by atoms with Crippen LogP contribution in [0.4, 0.5) is 10.1 Å². The topological polar surface area (TPSA) is 86.8 Å². The number of amides is 2. The lowest BCUT2D eigenvalue weighted by atomic mass is 10.0. The lowest BCUT2D eigenvalue weighted by molar-refractivity contribution is -0.140. The van der Waals surface area contributed by atoms with Crippen molar-refractivity contribution >= 4 is 43.5 Å². The highest BCUT2D eigenvalue weighted by atomic mass is 79.9. The Bertz CT molecular complexity index is 1700. The molecule has 4 aromatic rings. The fourth-order valence-electron chi connectivity index (χ4n) is 4.78. The summed E-state index contributed by atoms with van der Waals surface area (Å²) in [7, 11) is -4.26. The number of hydrogen-bond donors (Lipinski definition) is 1. The van der Waals surface area contributed by atoms with E-state index in [1.165, 1.54) is 29.2 Å². The van der Waals surface area contributed by atoms with E-state index in [4.69, 9.17) is 0 Å². The fraction of sp³-hybridized carbons (Fsp3) is 0.257. The number of hydrogen-bond acceptors (Lipinski definition) is 4. The molecule has 236 valence electrons. The maximum atomic E-state index is 14.4. The summed E-state index contributed by atoms with van der Waals surface area (Å²) in [6.07, 6.45) is 0.214. The van der Waals surface area contributed by atoms with Crippen LogP contribution in [0.5, 0.6) is 0 Å². The maximum Gasteiger partial charge on any atom is 0.264 e. The van der Waals surface area contributed by atoms with Crippen LogP contribution >= 0.6 is 15.9 Å². The lowest BCUT2D eigenvalue weighted by Crippen LogP contribution is -2.53. The monoisotopic (exact) mass is 693 g/mol. The van der Waals surface area contributed by atoms with E-state index >= 15 is 0 Å². The molecule has 1 atom stereocenters. The van der Waals surface area contributed by atoms with E-state index in [1.807, 2.05) is 75.4 Å². The number of halogens is 2. The number of nitrogens with zero attached hydrogens (tertiary/aromatic N) is 2. The number of aryl methyl sites for hydroxylation is 1. The van der Waals surface area contributed by atoms with Crippen molar-refractivity contribution < 1.29 is 22.4 Å². The van der Waals surface area contributed by atoms with E-state index in [0.717, 1.165) is 37.6 Å². The molecule has 1 N–H and O–H groups in total. The number of carbonyl (C=O) groups is 2. The van der Waals surface area contributed by atoms with Crippen LogP contribution in [-0.4, -0.2) is 44.3 Å². The summed E-state index contributed by atoms with van der Waals surface area (Å²) in [6, 6.07) is 27.0. The molecule has 4 rings (SSSR count). The quantitative estimate of drug-likeness (QED) is 0.173. The summed E-state index contributed by atoms with van der Waals surface area (Å²) in [6.45, 7) is 5.65. The Hall–Kier alpha value is -4.02. The normalized spacial score (nSPS) is 12.0. The van der Waals surface area contributed by atoms with Crippen molar-refractivity contribution in [1.29, 1.82) is 0 Å². The number of anilines is 1. The van der Waals surface area contributed by atoms with Crippen molar-refractivity contribution in [2.75, 3.05) is 17.4 Å². The first-order chi connectivity index (χ1) is 21.4. The average Bonchev–Trinajstić information content (AvgIpc) is 3.01. The molecule has 0 aliphatic rings. The van der Waals surface area contributed by atoms with E-state index in [9.17, 15) is 22.4 Å². The largest absolute Gasteiger partial charge is 0.354 e. The zero-order valence-corrected chi connectivity index (χ0v) is 27.9. The van der Waals surface area contributed by atoms with Crippen molar-refractivity contribution in [2.24, 2.45) is 5.92 Å². The molecule has 2 amide bonds. The highest BCUT2D eigenvalue weighted by molar-refractivity contribution is 9.10. The molecule has 0 fully saturated rings. The number of sulfonamides is 1. The van der Waals surface area contributed by atoms with Gasteiger partial charge in [-0.1, -0.05) is 89.9 Å². The SMILES string of the molecule is Cc1ccc(S(=O)(=O)N(CC(=O)N(Cc2cccc(Br)c2)C(Cc2ccccc2)C(=O)NCC(C)C)c2ccc(F)cc2)cc1.